The zero-order valence-electron chi connectivity index (χ0n) is 5.79. The van der Waals surface area contributed by atoms with Crippen LogP contribution in [0, 0.1) is 0 Å². The molecule has 0 radical (unpaired) electrons. The molecule has 0 bridgehead atoms. The molecule has 1 rings (SSSR count). The summed E-state index contributed by atoms with van der Waals surface area (Å²) in [6.07, 6.45) is 3.07. The molecule has 0 atom stereocenters. The number of carbonyl (C=O) groups excluding carboxylic acids is 1. The summed E-state index contributed by atoms with van der Waals surface area (Å²) < 4.78 is 0. The van der Waals surface area contributed by atoms with E-state index < -0.39 is 0 Å². The first kappa shape index (κ1) is 6.86. The summed E-state index contributed by atoms with van der Waals surface area (Å²) in [6, 6.07) is -0.0370. The number of rotatable bonds is 2. The lowest BCUT2D eigenvalue weighted by Crippen LogP contribution is -2.23. The largest absolute Gasteiger partial charge is 0.328 e. The van der Waals surface area contributed by atoms with E-state index in [1.54, 1.807) is 9.80 Å². The molecule has 1 saturated heterocycles. The second-order valence-corrected chi connectivity index (χ2v) is 2.03. The highest BCUT2D eigenvalue weighted by Gasteiger charge is 2.23. The van der Waals surface area contributed by atoms with Crippen molar-refractivity contribution >= 4 is 6.03 Å². The van der Waals surface area contributed by atoms with Crippen molar-refractivity contribution in [1.82, 2.24) is 9.80 Å². The van der Waals surface area contributed by atoms with Crippen molar-refractivity contribution in [2.24, 2.45) is 0 Å². The third kappa shape index (κ3) is 0.900. The molecule has 0 aromatic rings. The molecule has 0 aromatic carbocycles. The fourth-order valence-electron chi connectivity index (χ4n) is 0.910. The quantitative estimate of drug-likeness (QED) is 0.558. The van der Waals surface area contributed by atoms with Crippen molar-refractivity contribution in [3.8, 4) is 0 Å². The van der Waals surface area contributed by atoms with E-state index in [1.807, 2.05) is 0 Å². The lowest BCUT2D eigenvalue weighted by Gasteiger charge is -2.09. The number of carbonyl (C=O) groups is 1. The minimum Gasteiger partial charge on any atom is -0.300 e. The molecule has 3 nitrogen and oxygen atoms in total. The number of amides is 2. The third-order valence-electron chi connectivity index (χ3n) is 1.51. The highest BCUT2D eigenvalue weighted by Crippen LogP contribution is 2.07. The number of hydrogen-bond donors (Lipinski definition) is 0. The summed E-state index contributed by atoms with van der Waals surface area (Å²) in [6.45, 7) is 8.45. The maximum Gasteiger partial charge on any atom is 0.328 e. The molecule has 10 heavy (non-hydrogen) atoms. The van der Waals surface area contributed by atoms with Gasteiger partial charge in [-0.2, -0.15) is 0 Å². The molecule has 0 spiro atoms. The van der Waals surface area contributed by atoms with Crippen LogP contribution in [0.25, 0.3) is 0 Å². The first-order chi connectivity index (χ1) is 4.79. The van der Waals surface area contributed by atoms with E-state index in [0.29, 0.717) is 13.1 Å². The monoisotopic (exact) mass is 138 g/mol. The molecule has 1 aliphatic rings. The summed E-state index contributed by atoms with van der Waals surface area (Å²) in [5.74, 6) is 0. The molecule has 0 N–H and O–H groups in total. The highest BCUT2D eigenvalue weighted by atomic mass is 16.2. The minimum atomic E-state index is -0.0370. The Labute approximate surface area is 60.2 Å². The molecule has 0 aromatic heterocycles. The molecule has 3 heteroatoms. The van der Waals surface area contributed by atoms with E-state index in [2.05, 4.69) is 13.2 Å². The van der Waals surface area contributed by atoms with Gasteiger partial charge in [-0.25, -0.2) is 4.79 Å². The SMILES string of the molecule is C=CN1CCN(C=C)C1=O. The fraction of sp³-hybridized carbons (Fsp3) is 0.286. The van der Waals surface area contributed by atoms with Crippen molar-refractivity contribution in [3.05, 3.63) is 25.6 Å². The van der Waals surface area contributed by atoms with Crippen LogP contribution < -0.4 is 0 Å². The van der Waals surface area contributed by atoms with Crippen molar-refractivity contribution in [2.45, 2.75) is 0 Å². The Hall–Kier alpha value is -1.25. The van der Waals surface area contributed by atoms with E-state index in [4.69, 9.17) is 0 Å². The van der Waals surface area contributed by atoms with Gasteiger partial charge >= 0.3 is 6.03 Å². The van der Waals surface area contributed by atoms with Crippen LogP contribution in [0.2, 0.25) is 0 Å². The summed E-state index contributed by atoms with van der Waals surface area (Å²) >= 11 is 0. The van der Waals surface area contributed by atoms with Crippen molar-refractivity contribution in [3.63, 3.8) is 0 Å². The molecule has 0 unspecified atom stereocenters. The Balaban J connectivity index is 2.66. The Morgan fingerprint density at radius 2 is 1.60 bits per heavy atom. The molecule has 0 saturated carbocycles. The van der Waals surface area contributed by atoms with Crippen molar-refractivity contribution < 1.29 is 4.79 Å². The highest BCUT2D eigenvalue weighted by molar-refractivity contribution is 5.78. The van der Waals surface area contributed by atoms with Gasteiger partial charge in [0.2, 0.25) is 0 Å². The van der Waals surface area contributed by atoms with Gasteiger partial charge in [-0.15, -0.1) is 0 Å². The van der Waals surface area contributed by atoms with Crippen LogP contribution in [-0.4, -0.2) is 28.9 Å². The van der Waals surface area contributed by atoms with Crippen LogP contribution in [0.15, 0.2) is 25.6 Å². The van der Waals surface area contributed by atoms with Crippen LogP contribution >= 0.6 is 0 Å². The van der Waals surface area contributed by atoms with Gasteiger partial charge in [0.05, 0.1) is 0 Å². The standard InChI is InChI=1S/C7H10N2O/c1-3-8-5-6-9(4-2)7(8)10/h3-4H,1-2,5-6H2. The van der Waals surface area contributed by atoms with Gasteiger partial charge < -0.3 is 0 Å². The molecule has 1 heterocycles. The Kier molecular flexibility index (Phi) is 1.76. The molecule has 1 fully saturated rings. The third-order valence-corrected chi connectivity index (χ3v) is 1.51. The van der Waals surface area contributed by atoms with E-state index in [1.165, 1.54) is 12.4 Å². The van der Waals surface area contributed by atoms with Gasteiger partial charge in [-0.3, -0.25) is 9.80 Å². The maximum absolute atomic E-state index is 11.1. The lowest BCUT2D eigenvalue weighted by atomic mass is 10.6. The van der Waals surface area contributed by atoms with Gasteiger partial charge in [0.1, 0.15) is 0 Å². The smallest absolute Gasteiger partial charge is 0.300 e. The van der Waals surface area contributed by atoms with Gasteiger partial charge in [0.25, 0.3) is 0 Å². The minimum absolute atomic E-state index is 0.0370. The van der Waals surface area contributed by atoms with Gasteiger partial charge in [0, 0.05) is 25.5 Å². The molecule has 2 amide bonds. The van der Waals surface area contributed by atoms with Crippen LogP contribution in [0.1, 0.15) is 0 Å². The zero-order valence-corrected chi connectivity index (χ0v) is 5.79. The number of urea groups is 1. The molecular weight excluding hydrogens is 128 g/mol. The molecule has 54 valence electrons. The summed E-state index contributed by atoms with van der Waals surface area (Å²) in [5.41, 5.74) is 0. The van der Waals surface area contributed by atoms with Crippen LogP contribution in [0.3, 0.4) is 0 Å². The predicted molar refractivity (Wildman–Crippen MR) is 39.2 cm³/mol. The summed E-state index contributed by atoms with van der Waals surface area (Å²) in [7, 11) is 0. The predicted octanol–water partition coefficient (Wildman–Crippen LogP) is 1.01. The lowest BCUT2D eigenvalue weighted by molar-refractivity contribution is 0.214. The van der Waals surface area contributed by atoms with E-state index in [-0.39, 0.29) is 6.03 Å². The second kappa shape index (κ2) is 2.56. The van der Waals surface area contributed by atoms with Crippen molar-refractivity contribution in [2.75, 3.05) is 13.1 Å². The normalized spacial score (nSPS) is 17.8. The molecular formula is C7H10N2O. The van der Waals surface area contributed by atoms with E-state index >= 15 is 0 Å². The van der Waals surface area contributed by atoms with Crippen LogP contribution in [-0.2, 0) is 0 Å². The Bertz CT molecular complexity index is 158. The molecule has 1 aliphatic heterocycles. The van der Waals surface area contributed by atoms with Crippen LogP contribution in [0.4, 0.5) is 4.79 Å². The Morgan fingerprint density at radius 1 is 1.20 bits per heavy atom. The average molecular weight is 138 g/mol. The second-order valence-electron chi connectivity index (χ2n) is 2.03. The van der Waals surface area contributed by atoms with Crippen LogP contribution in [0.5, 0.6) is 0 Å². The van der Waals surface area contributed by atoms with Gasteiger partial charge in [-0.05, 0) is 0 Å². The fourth-order valence-corrected chi connectivity index (χ4v) is 0.910. The topological polar surface area (TPSA) is 23.6 Å². The summed E-state index contributed by atoms with van der Waals surface area (Å²) in [4.78, 5) is 14.2. The average Bonchev–Trinajstić information content (AvgIpc) is 2.30. The number of nitrogens with zero attached hydrogens (tertiary/aromatic N) is 2. The first-order valence-electron chi connectivity index (χ1n) is 3.12. The van der Waals surface area contributed by atoms with E-state index in [0.717, 1.165) is 0 Å². The summed E-state index contributed by atoms with van der Waals surface area (Å²) in [5, 5.41) is 0. The van der Waals surface area contributed by atoms with Gasteiger partial charge in [-0.1, -0.05) is 13.2 Å². The Morgan fingerprint density at radius 3 is 1.80 bits per heavy atom. The van der Waals surface area contributed by atoms with E-state index in [9.17, 15) is 4.79 Å². The molecule has 0 aliphatic carbocycles. The number of hydrogen-bond acceptors (Lipinski definition) is 1. The zero-order chi connectivity index (χ0) is 7.56. The first-order valence-corrected chi connectivity index (χ1v) is 3.12. The maximum atomic E-state index is 11.1. The van der Waals surface area contributed by atoms with Crippen molar-refractivity contribution in [1.29, 1.82) is 0 Å². The van der Waals surface area contributed by atoms with Gasteiger partial charge in [0.15, 0.2) is 0 Å².